The van der Waals surface area contributed by atoms with Gasteiger partial charge in [-0.15, -0.1) is 0 Å². The van der Waals surface area contributed by atoms with E-state index in [2.05, 4.69) is 0 Å². The van der Waals surface area contributed by atoms with Gasteiger partial charge in [-0.05, 0) is 56.3 Å². The van der Waals surface area contributed by atoms with E-state index in [-0.39, 0.29) is 21.3 Å². The fraction of sp³-hybridized carbons (Fsp3) is 0.154. The van der Waals surface area contributed by atoms with Gasteiger partial charge in [0.25, 0.3) is 11.8 Å². The molecule has 0 saturated carbocycles. The van der Waals surface area contributed by atoms with Crippen LogP contribution in [-0.2, 0) is 15.8 Å². The van der Waals surface area contributed by atoms with E-state index in [0.717, 1.165) is 40.4 Å². The van der Waals surface area contributed by atoms with Gasteiger partial charge in [-0.3, -0.25) is 9.59 Å². The molecule has 35 heavy (non-hydrogen) atoms. The summed E-state index contributed by atoms with van der Waals surface area (Å²) < 4.78 is 40.2. The van der Waals surface area contributed by atoms with Crippen molar-refractivity contribution in [3.05, 3.63) is 99.5 Å². The molecule has 1 heterocycles. The van der Waals surface area contributed by atoms with E-state index in [1.807, 2.05) is 44.2 Å². The molecule has 3 aromatic carbocycles. The molecule has 0 radical (unpaired) electrons. The number of para-hydroxylation sites is 1. The van der Waals surface area contributed by atoms with Crippen molar-refractivity contribution in [1.29, 1.82) is 0 Å². The standard InChI is InChI=1S/C26H20ClF3N2O2S/c1-3-31(18-7-5-4-6-8-18)22-23(35-19-12-9-16(2)10-13-19)25(34)32(24(22)33)21-15-17(26(28,29)30)11-14-20(21)27/h4-15H,3H2,1-2H3. The van der Waals surface area contributed by atoms with E-state index in [4.69, 9.17) is 11.6 Å². The van der Waals surface area contributed by atoms with E-state index >= 15 is 0 Å². The van der Waals surface area contributed by atoms with Crippen LogP contribution in [0.3, 0.4) is 0 Å². The molecule has 1 aliphatic rings. The Bertz CT molecular complexity index is 1310. The molecule has 3 aromatic rings. The van der Waals surface area contributed by atoms with Crippen molar-refractivity contribution >= 4 is 46.6 Å². The Morgan fingerprint density at radius 1 is 0.943 bits per heavy atom. The van der Waals surface area contributed by atoms with Crippen LogP contribution in [0.15, 0.2) is 88.3 Å². The third-order valence-corrected chi connectivity index (χ3v) is 6.83. The lowest BCUT2D eigenvalue weighted by Crippen LogP contribution is -2.35. The number of imide groups is 1. The van der Waals surface area contributed by atoms with E-state index in [0.29, 0.717) is 17.1 Å². The molecule has 180 valence electrons. The Balaban J connectivity index is 1.86. The Morgan fingerprint density at radius 2 is 1.60 bits per heavy atom. The summed E-state index contributed by atoms with van der Waals surface area (Å²) in [5.74, 6) is -1.47. The van der Waals surface area contributed by atoms with Crippen LogP contribution in [0.4, 0.5) is 24.5 Å². The maximum absolute atomic E-state index is 13.7. The van der Waals surface area contributed by atoms with E-state index in [9.17, 15) is 22.8 Å². The van der Waals surface area contributed by atoms with Gasteiger partial charge in [0, 0.05) is 17.1 Å². The Hall–Kier alpha value is -3.23. The molecule has 0 atom stereocenters. The van der Waals surface area contributed by atoms with Gasteiger partial charge in [0.2, 0.25) is 0 Å². The highest BCUT2D eigenvalue weighted by Crippen LogP contribution is 2.43. The normalized spacial score (nSPS) is 14.2. The second-order valence-electron chi connectivity index (χ2n) is 7.78. The number of carbonyl (C=O) groups is 2. The molecule has 0 saturated heterocycles. The number of hydrogen-bond donors (Lipinski definition) is 0. The average molecular weight is 517 g/mol. The van der Waals surface area contributed by atoms with E-state index in [1.165, 1.54) is 0 Å². The second-order valence-corrected chi connectivity index (χ2v) is 9.27. The topological polar surface area (TPSA) is 40.6 Å². The van der Waals surface area contributed by atoms with Crippen LogP contribution < -0.4 is 9.80 Å². The maximum Gasteiger partial charge on any atom is 0.416 e. The number of carbonyl (C=O) groups excluding carboxylic acids is 2. The van der Waals surface area contributed by atoms with Gasteiger partial charge in [-0.1, -0.05) is 59.3 Å². The first-order valence-corrected chi connectivity index (χ1v) is 11.9. The van der Waals surface area contributed by atoms with Crippen molar-refractivity contribution in [2.24, 2.45) is 0 Å². The van der Waals surface area contributed by atoms with Crippen molar-refractivity contribution in [2.45, 2.75) is 24.9 Å². The number of benzene rings is 3. The molecule has 0 fully saturated rings. The summed E-state index contributed by atoms with van der Waals surface area (Å²) in [4.78, 5) is 30.6. The monoisotopic (exact) mass is 516 g/mol. The van der Waals surface area contributed by atoms with Crippen molar-refractivity contribution in [3.63, 3.8) is 0 Å². The third kappa shape index (κ3) is 4.94. The molecule has 0 unspecified atom stereocenters. The van der Waals surface area contributed by atoms with Crippen LogP contribution in [0.2, 0.25) is 5.02 Å². The van der Waals surface area contributed by atoms with Crippen LogP contribution in [0.5, 0.6) is 0 Å². The van der Waals surface area contributed by atoms with Crippen LogP contribution in [0, 0.1) is 6.92 Å². The Kier molecular flexibility index (Phi) is 6.96. The second kappa shape index (κ2) is 9.79. The first-order valence-electron chi connectivity index (χ1n) is 10.7. The predicted octanol–water partition coefficient (Wildman–Crippen LogP) is 7.07. The summed E-state index contributed by atoms with van der Waals surface area (Å²) in [5, 5.41) is -0.136. The minimum absolute atomic E-state index is 0.0859. The zero-order valence-electron chi connectivity index (χ0n) is 18.8. The van der Waals surface area contributed by atoms with Gasteiger partial charge in [0.15, 0.2) is 0 Å². The number of likely N-dealkylation sites (N-methyl/N-ethyl adjacent to an activating group) is 1. The Labute approximate surface area is 210 Å². The number of anilines is 2. The quantitative estimate of drug-likeness (QED) is 0.328. The van der Waals surface area contributed by atoms with Crippen molar-refractivity contribution in [2.75, 3.05) is 16.3 Å². The Morgan fingerprint density at radius 3 is 2.20 bits per heavy atom. The van der Waals surface area contributed by atoms with Crippen molar-refractivity contribution in [3.8, 4) is 0 Å². The summed E-state index contributed by atoms with van der Waals surface area (Å²) in [6, 6.07) is 19.0. The number of halogens is 4. The first-order chi connectivity index (χ1) is 16.6. The third-order valence-electron chi connectivity index (χ3n) is 5.43. The largest absolute Gasteiger partial charge is 0.416 e. The van der Waals surface area contributed by atoms with Crippen LogP contribution in [-0.4, -0.2) is 18.4 Å². The predicted molar refractivity (Wildman–Crippen MR) is 132 cm³/mol. The van der Waals surface area contributed by atoms with Crippen LogP contribution in [0.1, 0.15) is 18.1 Å². The smallest absolute Gasteiger partial charge is 0.336 e. The highest BCUT2D eigenvalue weighted by molar-refractivity contribution is 8.04. The summed E-state index contributed by atoms with van der Waals surface area (Å²) >= 11 is 7.30. The number of alkyl halides is 3. The zero-order valence-corrected chi connectivity index (χ0v) is 20.3. The van der Waals surface area contributed by atoms with Crippen LogP contribution >= 0.6 is 23.4 Å². The number of rotatable bonds is 6. The van der Waals surface area contributed by atoms with E-state index in [1.54, 1.807) is 29.2 Å². The summed E-state index contributed by atoms with van der Waals surface area (Å²) in [7, 11) is 0. The molecule has 4 rings (SSSR count). The minimum Gasteiger partial charge on any atom is -0.336 e. The van der Waals surface area contributed by atoms with Crippen LogP contribution in [0.25, 0.3) is 0 Å². The highest BCUT2D eigenvalue weighted by atomic mass is 35.5. The number of amides is 2. The molecule has 0 bridgehead atoms. The van der Waals surface area contributed by atoms with Gasteiger partial charge in [-0.2, -0.15) is 13.2 Å². The van der Waals surface area contributed by atoms with Crippen molar-refractivity contribution < 1.29 is 22.8 Å². The number of aryl methyl sites for hydroxylation is 1. The van der Waals surface area contributed by atoms with Crippen molar-refractivity contribution in [1.82, 2.24) is 0 Å². The van der Waals surface area contributed by atoms with Gasteiger partial charge in [0.05, 0.1) is 16.3 Å². The molecule has 9 heteroatoms. The fourth-order valence-electron chi connectivity index (χ4n) is 3.71. The lowest BCUT2D eigenvalue weighted by molar-refractivity contribution is -0.137. The van der Waals surface area contributed by atoms with Gasteiger partial charge >= 0.3 is 6.18 Å². The fourth-order valence-corrected chi connectivity index (χ4v) is 4.89. The number of thioether (sulfide) groups is 1. The molecule has 0 spiro atoms. The molecular weight excluding hydrogens is 497 g/mol. The molecule has 0 N–H and O–H groups in total. The lowest BCUT2D eigenvalue weighted by Gasteiger charge is -2.25. The SMILES string of the molecule is CCN(C1=C(Sc2ccc(C)cc2)C(=O)N(c2cc(C(F)(F)F)ccc2Cl)C1=O)c1ccccc1. The summed E-state index contributed by atoms with van der Waals surface area (Å²) in [6.07, 6.45) is -4.67. The molecule has 2 amide bonds. The minimum atomic E-state index is -4.67. The van der Waals surface area contributed by atoms with E-state index < -0.39 is 23.6 Å². The van der Waals surface area contributed by atoms with Gasteiger partial charge in [0.1, 0.15) is 10.6 Å². The lowest BCUT2D eigenvalue weighted by atomic mass is 10.1. The molecule has 0 aliphatic carbocycles. The molecule has 0 aromatic heterocycles. The maximum atomic E-state index is 13.7. The highest BCUT2D eigenvalue weighted by Gasteiger charge is 2.44. The average Bonchev–Trinajstić information content (AvgIpc) is 3.06. The molecule has 4 nitrogen and oxygen atoms in total. The summed E-state index contributed by atoms with van der Waals surface area (Å²) in [5.41, 5.74) is 0.467. The number of nitrogens with zero attached hydrogens (tertiary/aromatic N) is 2. The molecule has 1 aliphatic heterocycles. The van der Waals surface area contributed by atoms with Gasteiger partial charge < -0.3 is 4.90 Å². The first kappa shape index (κ1) is 24.9. The number of hydrogen-bond acceptors (Lipinski definition) is 4. The van der Waals surface area contributed by atoms with Gasteiger partial charge in [-0.25, -0.2) is 4.90 Å². The molecular formula is C26H20ClF3N2O2S. The summed E-state index contributed by atoms with van der Waals surface area (Å²) in [6.45, 7) is 4.10. The zero-order chi connectivity index (χ0) is 25.3.